The van der Waals surface area contributed by atoms with Crippen molar-refractivity contribution < 1.29 is 18.8 Å². The number of aryl methyl sites for hydroxylation is 2. The second-order valence-electron chi connectivity index (χ2n) is 8.21. The molecule has 2 heterocycles. The third-order valence-corrected chi connectivity index (χ3v) is 6.17. The van der Waals surface area contributed by atoms with Gasteiger partial charge in [0.05, 0.1) is 6.54 Å². The van der Waals surface area contributed by atoms with Crippen LogP contribution in [0.5, 0.6) is 0 Å². The van der Waals surface area contributed by atoms with Gasteiger partial charge in [0.25, 0.3) is 5.91 Å². The number of hydrogen-bond donors (Lipinski definition) is 1. The fraction of sp³-hybridized carbons (Fsp3) is 0.292. The molecule has 5 rings (SSSR count). The number of hydrogen-bond acceptors (Lipinski definition) is 4. The lowest BCUT2D eigenvalue weighted by Crippen LogP contribution is -2.41. The molecule has 1 saturated heterocycles. The standard InChI is InChI=1S/C24H22N2O4/c1-24(21-13-18-8-4-5-9-20(18)30-21)22(28)26(23(29)25-24)14-19(27)17-11-10-15-6-2-3-7-16(15)12-17/h4-5,8-13H,2-3,6-7,14H2,1H3,(H,25,29)/t24-/m1/s1. The molecule has 2 aliphatic rings. The second kappa shape index (κ2) is 6.83. The SMILES string of the molecule is C[C@]1(c2cc3ccccc3o2)NC(=O)N(CC(=O)c2ccc3c(c2)CCCC3)C1=O. The van der Waals surface area contributed by atoms with Crippen LogP contribution in [0.25, 0.3) is 11.0 Å². The molecule has 1 atom stereocenters. The summed E-state index contributed by atoms with van der Waals surface area (Å²) in [5.74, 6) is -0.385. The highest BCUT2D eigenvalue weighted by atomic mass is 16.3. The highest BCUT2D eigenvalue weighted by Gasteiger charge is 2.51. The van der Waals surface area contributed by atoms with Crippen LogP contribution >= 0.6 is 0 Å². The van der Waals surface area contributed by atoms with Gasteiger partial charge in [0.2, 0.25) is 0 Å². The third-order valence-electron chi connectivity index (χ3n) is 6.17. The number of nitrogens with one attached hydrogen (secondary N) is 1. The van der Waals surface area contributed by atoms with Crippen molar-refractivity contribution in [2.45, 2.75) is 38.1 Å². The molecule has 3 aromatic rings. The van der Waals surface area contributed by atoms with E-state index in [1.54, 1.807) is 25.1 Å². The van der Waals surface area contributed by atoms with Gasteiger partial charge in [-0.05, 0) is 61.9 Å². The van der Waals surface area contributed by atoms with E-state index in [1.807, 2.05) is 30.3 Å². The van der Waals surface area contributed by atoms with Crippen molar-refractivity contribution >= 4 is 28.7 Å². The van der Waals surface area contributed by atoms with Gasteiger partial charge in [-0.15, -0.1) is 0 Å². The summed E-state index contributed by atoms with van der Waals surface area (Å²) >= 11 is 0. The van der Waals surface area contributed by atoms with Crippen molar-refractivity contribution in [2.75, 3.05) is 6.54 Å². The Hall–Kier alpha value is -3.41. The first kappa shape index (κ1) is 18.6. The number of ketones is 1. The first-order chi connectivity index (χ1) is 14.5. The molecule has 1 aliphatic carbocycles. The van der Waals surface area contributed by atoms with Crippen LogP contribution < -0.4 is 5.32 Å². The summed E-state index contributed by atoms with van der Waals surface area (Å²) in [6.07, 6.45) is 4.28. The minimum atomic E-state index is -1.34. The van der Waals surface area contributed by atoms with Crippen molar-refractivity contribution in [2.24, 2.45) is 0 Å². The summed E-state index contributed by atoms with van der Waals surface area (Å²) in [5.41, 5.74) is 2.31. The quantitative estimate of drug-likeness (QED) is 0.529. The fourth-order valence-electron chi connectivity index (χ4n) is 4.38. The van der Waals surface area contributed by atoms with E-state index in [4.69, 9.17) is 4.42 Å². The number of fused-ring (bicyclic) bond motifs is 2. The smallest absolute Gasteiger partial charge is 0.325 e. The molecule has 0 spiro atoms. The van der Waals surface area contributed by atoms with E-state index in [2.05, 4.69) is 5.32 Å². The van der Waals surface area contributed by atoms with E-state index < -0.39 is 17.5 Å². The lowest BCUT2D eigenvalue weighted by Gasteiger charge is -2.19. The average Bonchev–Trinajstić information content (AvgIpc) is 3.29. The van der Waals surface area contributed by atoms with E-state index in [0.29, 0.717) is 16.9 Å². The summed E-state index contributed by atoms with van der Waals surface area (Å²) in [7, 11) is 0. The highest BCUT2D eigenvalue weighted by Crippen LogP contribution is 2.33. The topological polar surface area (TPSA) is 79.6 Å². The predicted octanol–water partition coefficient (Wildman–Crippen LogP) is 3.96. The number of carbonyl (C=O) groups is 3. The normalized spacial score (nSPS) is 21.0. The Morgan fingerprint density at radius 3 is 2.63 bits per heavy atom. The first-order valence-corrected chi connectivity index (χ1v) is 10.2. The minimum absolute atomic E-state index is 0.249. The molecule has 0 bridgehead atoms. The number of imide groups is 1. The molecule has 30 heavy (non-hydrogen) atoms. The summed E-state index contributed by atoms with van der Waals surface area (Å²) < 4.78 is 5.83. The molecule has 0 radical (unpaired) electrons. The van der Waals surface area contributed by atoms with Crippen LogP contribution in [0.3, 0.4) is 0 Å². The van der Waals surface area contributed by atoms with Crippen molar-refractivity contribution in [1.82, 2.24) is 10.2 Å². The van der Waals surface area contributed by atoms with Gasteiger partial charge in [0.15, 0.2) is 11.3 Å². The summed E-state index contributed by atoms with van der Waals surface area (Å²) in [6.45, 7) is 1.31. The van der Waals surface area contributed by atoms with E-state index in [1.165, 1.54) is 17.5 Å². The molecule has 0 unspecified atom stereocenters. The van der Waals surface area contributed by atoms with Crippen LogP contribution in [0.4, 0.5) is 4.79 Å². The van der Waals surface area contributed by atoms with E-state index in [9.17, 15) is 14.4 Å². The van der Waals surface area contributed by atoms with Crippen molar-refractivity contribution in [1.29, 1.82) is 0 Å². The molecular weight excluding hydrogens is 380 g/mol. The number of amides is 3. The molecule has 6 nitrogen and oxygen atoms in total. The number of rotatable bonds is 4. The number of benzene rings is 2. The highest BCUT2D eigenvalue weighted by molar-refractivity contribution is 6.11. The van der Waals surface area contributed by atoms with Gasteiger partial charge in [0, 0.05) is 10.9 Å². The van der Waals surface area contributed by atoms with Crippen LogP contribution in [0.2, 0.25) is 0 Å². The largest absolute Gasteiger partial charge is 0.458 e. The zero-order valence-electron chi connectivity index (χ0n) is 16.7. The maximum atomic E-state index is 13.1. The maximum absolute atomic E-state index is 13.1. The predicted molar refractivity (Wildman–Crippen MR) is 111 cm³/mol. The van der Waals surface area contributed by atoms with Crippen molar-refractivity contribution in [3.63, 3.8) is 0 Å². The number of para-hydroxylation sites is 1. The Bertz CT molecular complexity index is 1160. The van der Waals surface area contributed by atoms with Gasteiger partial charge in [-0.1, -0.05) is 30.3 Å². The Labute approximate surface area is 173 Å². The lowest BCUT2D eigenvalue weighted by atomic mass is 9.89. The minimum Gasteiger partial charge on any atom is -0.458 e. The van der Waals surface area contributed by atoms with Crippen LogP contribution in [-0.4, -0.2) is 29.2 Å². The molecule has 1 N–H and O–H groups in total. The van der Waals surface area contributed by atoms with Crippen LogP contribution in [0.15, 0.2) is 52.9 Å². The molecule has 1 fully saturated rings. The zero-order valence-corrected chi connectivity index (χ0v) is 16.7. The van der Waals surface area contributed by atoms with Crippen LogP contribution in [0.1, 0.15) is 47.0 Å². The number of urea groups is 1. The molecule has 1 aromatic heterocycles. The fourth-order valence-corrected chi connectivity index (χ4v) is 4.38. The molecule has 1 aliphatic heterocycles. The monoisotopic (exact) mass is 402 g/mol. The van der Waals surface area contributed by atoms with E-state index in [-0.39, 0.29) is 12.3 Å². The Morgan fingerprint density at radius 1 is 1.07 bits per heavy atom. The van der Waals surface area contributed by atoms with Gasteiger partial charge < -0.3 is 9.73 Å². The number of Topliss-reactive ketones (excluding diaryl/α,β-unsaturated/α-hetero) is 1. The lowest BCUT2D eigenvalue weighted by molar-refractivity contribution is -0.131. The maximum Gasteiger partial charge on any atom is 0.325 e. The van der Waals surface area contributed by atoms with Crippen molar-refractivity contribution in [3.05, 3.63) is 71.0 Å². The van der Waals surface area contributed by atoms with Gasteiger partial charge in [-0.3, -0.25) is 14.5 Å². The van der Waals surface area contributed by atoms with E-state index >= 15 is 0 Å². The third kappa shape index (κ3) is 2.91. The molecule has 6 heteroatoms. The van der Waals surface area contributed by atoms with Gasteiger partial charge in [-0.2, -0.15) is 0 Å². The second-order valence-corrected chi connectivity index (χ2v) is 8.21. The summed E-state index contributed by atoms with van der Waals surface area (Å²) in [4.78, 5) is 39.6. The van der Waals surface area contributed by atoms with Crippen LogP contribution in [0, 0.1) is 0 Å². The molecular formula is C24H22N2O4. The van der Waals surface area contributed by atoms with Gasteiger partial charge in [0.1, 0.15) is 11.3 Å². The van der Waals surface area contributed by atoms with Gasteiger partial charge in [-0.25, -0.2) is 4.79 Å². The first-order valence-electron chi connectivity index (χ1n) is 10.2. The Balaban J connectivity index is 1.39. The molecule has 3 amide bonds. The number of carbonyl (C=O) groups excluding carboxylic acids is 3. The Morgan fingerprint density at radius 2 is 1.83 bits per heavy atom. The van der Waals surface area contributed by atoms with Gasteiger partial charge >= 0.3 is 6.03 Å². The summed E-state index contributed by atoms with van der Waals surface area (Å²) in [5, 5.41) is 3.55. The number of furan rings is 1. The molecule has 152 valence electrons. The molecule has 0 saturated carbocycles. The zero-order chi connectivity index (χ0) is 20.9. The van der Waals surface area contributed by atoms with E-state index in [0.717, 1.165) is 29.5 Å². The average molecular weight is 402 g/mol. The number of nitrogens with zero attached hydrogens (tertiary/aromatic N) is 1. The summed E-state index contributed by atoms with van der Waals surface area (Å²) in [6, 6.07) is 14.3. The van der Waals surface area contributed by atoms with Crippen LogP contribution in [-0.2, 0) is 23.2 Å². The Kier molecular flexibility index (Phi) is 4.24. The van der Waals surface area contributed by atoms with Crippen molar-refractivity contribution in [3.8, 4) is 0 Å². The molecule has 2 aromatic carbocycles.